The second kappa shape index (κ2) is 8.67. The minimum Gasteiger partial charge on any atom is -0.492 e. The Balaban J connectivity index is 1.36. The summed E-state index contributed by atoms with van der Waals surface area (Å²) in [4.78, 5) is 14.4. The van der Waals surface area contributed by atoms with Crippen molar-refractivity contribution in [2.45, 2.75) is 25.7 Å². The van der Waals surface area contributed by atoms with Gasteiger partial charge in [0.25, 0.3) is 0 Å². The van der Waals surface area contributed by atoms with Gasteiger partial charge in [0.05, 0.1) is 13.1 Å². The summed E-state index contributed by atoms with van der Waals surface area (Å²) < 4.78 is 5.65. The predicted octanol–water partition coefficient (Wildman–Crippen LogP) is 2.09. The molecule has 1 fully saturated rings. The highest BCUT2D eigenvalue weighted by molar-refractivity contribution is 5.78. The Bertz CT molecular complexity index is 672. The highest BCUT2D eigenvalue weighted by Crippen LogP contribution is 2.24. The van der Waals surface area contributed by atoms with Crippen LogP contribution in [0.25, 0.3) is 0 Å². The molecule has 1 atom stereocenters. The molecule has 0 unspecified atom stereocenters. The van der Waals surface area contributed by atoms with Crippen molar-refractivity contribution in [3.8, 4) is 5.75 Å². The van der Waals surface area contributed by atoms with Gasteiger partial charge in [-0.1, -0.05) is 12.1 Å². The van der Waals surface area contributed by atoms with Gasteiger partial charge in [0.15, 0.2) is 0 Å². The molecule has 0 aliphatic carbocycles. The zero-order valence-corrected chi connectivity index (χ0v) is 14.7. The lowest BCUT2D eigenvalue weighted by atomic mass is 9.95. The average Bonchev–Trinajstić information content (AvgIpc) is 3.14. The SMILES string of the molecule is Cc1cccc(OCCNC(=O)CN2CCC[C@@H](c3ccn[nH]3)C2)c1. The monoisotopic (exact) mass is 342 g/mol. The number of piperidine rings is 1. The fourth-order valence-corrected chi connectivity index (χ4v) is 3.27. The maximum Gasteiger partial charge on any atom is 0.234 e. The number of nitrogens with zero attached hydrogens (tertiary/aromatic N) is 2. The second-order valence-corrected chi connectivity index (χ2v) is 6.60. The Hall–Kier alpha value is -2.34. The van der Waals surface area contributed by atoms with E-state index in [1.807, 2.05) is 37.3 Å². The van der Waals surface area contributed by atoms with Crippen molar-refractivity contribution < 1.29 is 9.53 Å². The molecule has 6 nitrogen and oxygen atoms in total. The van der Waals surface area contributed by atoms with Crippen molar-refractivity contribution in [1.29, 1.82) is 0 Å². The van der Waals surface area contributed by atoms with E-state index in [1.165, 1.54) is 5.56 Å². The summed E-state index contributed by atoms with van der Waals surface area (Å²) in [6.07, 6.45) is 4.04. The first-order valence-corrected chi connectivity index (χ1v) is 8.88. The minimum atomic E-state index is 0.0538. The van der Waals surface area contributed by atoms with Gasteiger partial charge in [-0.15, -0.1) is 0 Å². The van der Waals surface area contributed by atoms with Crippen molar-refractivity contribution >= 4 is 5.91 Å². The lowest BCUT2D eigenvalue weighted by Gasteiger charge is -2.31. The van der Waals surface area contributed by atoms with E-state index in [-0.39, 0.29) is 5.91 Å². The normalized spacial score (nSPS) is 18.0. The molecule has 0 saturated carbocycles. The third kappa shape index (κ3) is 5.32. The number of H-pyrrole nitrogens is 1. The maximum atomic E-state index is 12.1. The number of carbonyl (C=O) groups is 1. The lowest BCUT2D eigenvalue weighted by molar-refractivity contribution is -0.122. The number of amides is 1. The molecule has 1 amide bonds. The van der Waals surface area contributed by atoms with Gasteiger partial charge in [0.1, 0.15) is 12.4 Å². The molecular formula is C19H26N4O2. The number of ether oxygens (including phenoxy) is 1. The Morgan fingerprint density at radius 3 is 3.16 bits per heavy atom. The fraction of sp³-hybridized carbons (Fsp3) is 0.474. The smallest absolute Gasteiger partial charge is 0.234 e. The minimum absolute atomic E-state index is 0.0538. The summed E-state index contributed by atoms with van der Waals surface area (Å²) in [6.45, 7) is 5.34. The number of likely N-dealkylation sites (tertiary alicyclic amines) is 1. The van der Waals surface area contributed by atoms with Crippen LogP contribution < -0.4 is 10.1 Å². The van der Waals surface area contributed by atoms with Crippen molar-refractivity contribution in [2.24, 2.45) is 0 Å². The molecule has 3 rings (SSSR count). The summed E-state index contributed by atoms with van der Waals surface area (Å²) >= 11 is 0. The van der Waals surface area contributed by atoms with Crippen LogP contribution in [0.2, 0.25) is 0 Å². The van der Waals surface area contributed by atoms with Crippen molar-refractivity contribution in [3.63, 3.8) is 0 Å². The van der Waals surface area contributed by atoms with Crippen LogP contribution in [0.5, 0.6) is 5.75 Å². The van der Waals surface area contributed by atoms with Gasteiger partial charge in [-0.2, -0.15) is 5.10 Å². The summed E-state index contributed by atoms with van der Waals surface area (Å²) in [5.74, 6) is 1.33. The van der Waals surface area contributed by atoms with Crippen molar-refractivity contribution in [2.75, 3.05) is 32.8 Å². The van der Waals surface area contributed by atoms with Gasteiger partial charge < -0.3 is 10.1 Å². The van der Waals surface area contributed by atoms with Crippen LogP contribution in [0.4, 0.5) is 0 Å². The van der Waals surface area contributed by atoms with Gasteiger partial charge in [-0.3, -0.25) is 14.8 Å². The van der Waals surface area contributed by atoms with Crippen LogP contribution in [-0.4, -0.2) is 53.8 Å². The van der Waals surface area contributed by atoms with Crippen LogP contribution in [0.1, 0.15) is 30.0 Å². The van der Waals surface area contributed by atoms with Gasteiger partial charge >= 0.3 is 0 Å². The second-order valence-electron chi connectivity index (χ2n) is 6.60. The number of carbonyl (C=O) groups excluding carboxylic acids is 1. The van der Waals surface area contributed by atoms with Crippen molar-refractivity contribution in [1.82, 2.24) is 20.4 Å². The van der Waals surface area contributed by atoms with Gasteiger partial charge in [-0.25, -0.2) is 0 Å². The Kier molecular flexibility index (Phi) is 6.06. The Morgan fingerprint density at radius 1 is 1.44 bits per heavy atom. The zero-order chi connectivity index (χ0) is 17.5. The number of aromatic amines is 1. The molecule has 1 aromatic carbocycles. The Morgan fingerprint density at radius 2 is 2.36 bits per heavy atom. The molecule has 0 bridgehead atoms. The number of hydrogen-bond donors (Lipinski definition) is 2. The van der Waals surface area contributed by atoms with Gasteiger partial charge in [0, 0.05) is 24.4 Å². The molecule has 0 spiro atoms. The molecule has 2 aromatic rings. The van der Waals surface area contributed by atoms with Crippen molar-refractivity contribution in [3.05, 3.63) is 47.8 Å². The Labute approximate surface area is 148 Å². The van der Waals surface area contributed by atoms with E-state index in [9.17, 15) is 4.79 Å². The van der Waals surface area contributed by atoms with E-state index < -0.39 is 0 Å². The van der Waals surface area contributed by atoms with Gasteiger partial charge in [-0.05, 0) is 50.1 Å². The number of benzene rings is 1. The highest BCUT2D eigenvalue weighted by Gasteiger charge is 2.23. The fourth-order valence-electron chi connectivity index (χ4n) is 3.27. The zero-order valence-electron chi connectivity index (χ0n) is 14.7. The number of rotatable bonds is 7. The maximum absolute atomic E-state index is 12.1. The number of aryl methyl sites for hydroxylation is 1. The summed E-state index contributed by atoms with van der Waals surface area (Å²) in [5.41, 5.74) is 2.33. The van der Waals surface area contributed by atoms with E-state index in [2.05, 4.69) is 20.4 Å². The van der Waals surface area contributed by atoms with E-state index >= 15 is 0 Å². The predicted molar refractivity (Wildman–Crippen MR) is 96.7 cm³/mol. The quantitative estimate of drug-likeness (QED) is 0.756. The molecule has 2 N–H and O–H groups in total. The molecule has 6 heteroatoms. The van der Waals surface area contributed by atoms with Crippen LogP contribution in [0.3, 0.4) is 0 Å². The summed E-state index contributed by atoms with van der Waals surface area (Å²) in [5, 5.41) is 10.0. The number of hydrogen-bond acceptors (Lipinski definition) is 4. The summed E-state index contributed by atoms with van der Waals surface area (Å²) in [6, 6.07) is 9.94. The van der Waals surface area contributed by atoms with E-state index in [0.717, 1.165) is 37.4 Å². The topological polar surface area (TPSA) is 70.2 Å². The number of nitrogens with one attached hydrogen (secondary N) is 2. The summed E-state index contributed by atoms with van der Waals surface area (Å²) in [7, 11) is 0. The largest absolute Gasteiger partial charge is 0.492 e. The molecule has 134 valence electrons. The first kappa shape index (κ1) is 17.5. The van der Waals surface area contributed by atoms with E-state index in [4.69, 9.17) is 4.74 Å². The third-order valence-electron chi connectivity index (χ3n) is 4.52. The van der Waals surface area contributed by atoms with E-state index in [0.29, 0.717) is 25.6 Å². The highest BCUT2D eigenvalue weighted by atomic mass is 16.5. The molecule has 1 aliphatic heterocycles. The average molecular weight is 342 g/mol. The molecule has 1 aliphatic rings. The third-order valence-corrected chi connectivity index (χ3v) is 4.52. The molecule has 1 saturated heterocycles. The van der Waals surface area contributed by atoms with E-state index in [1.54, 1.807) is 6.20 Å². The molecular weight excluding hydrogens is 316 g/mol. The lowest BCUT2D eigenvalue weighted by Crippen LogP contribution is -2.42. The van der Waals surface area contributed by atoms with Crippen LogP contribution in [-0.2, 0) is 4.79 Å². The standard InChI is InChI=1S/C19H26N4O2/c1-15-4-2-6-17(12-15)25-11-9-20-19(24)14-23-10-3-5-16(13-23)18-7-8-21-22-18/h2,4,6-8,12,16H,3,5,9-11,13-14H2,1H3,(H,20,24)(H,21,22)/t16-/m1/s1. The first-order valence-electron chi connectivity index (χ1n) is 8.88. The van der Waals surface area contributed by atoms with Crippen LogP contribution in [0, 0.1) is 6.92 Å². The number of aromatic nitrogens is 2. The first-order chi connectivity index (χ1) is 12.2. The molecule has 0 radical (unpaired) electrons. The van der Waals surface area contributed by atoms with Crippen LogP contribution >= 0.6 is 0 Å². The molecule has 1 aromatic heterocycles. The molecule has 25 heavy (non-hydrogen) atoms. The molecule has 2 heterocycles. The van der Waals surface area contributed by atoms with Gasteiger partial charge in [0.2, 0.25) is 5.91 Å². The van der Waals surface area contributed by atoms with Crippen LogP contribution in [0.15, 0.2) is 36.5 Å².